The zero-order chi connectivity index (χ0) is 18.4. The second-order valence-electron chi connectivity index (χ2n) is 6.65. The van der Waals surface area contributed by atoms with Crippen molar-refractivity contribution >= 4 is 11.6 Å². The van der Waals surface area contributed by atoms with Gasteiger partial charge in [-0.05, 0) is 30.3 Å². The Morgan fingerprint density at radius 3 is 2.81 bits per heavy atom. The van der Waals surface area contributed by atoms with Crippen LogP contribution in [0.3, 0.4) is 0 Å². The molecule has 1 fully saturated rings. The Morgan fingerprint density at radius 2 is 2.00 bits per heavy atom. The fraction of sp³-hybridized carbons (Fsp3) is 0.263. The monoisotopic (exact) mass is 365 g/mol. The first-order valence-electron chi connectivity index (χ1n) is 8.85. The van der Waals surface area contributed by atoms with E-state index in [0.29, 0.717) is 24.7 Å². The molecule has 0 radical (unpaired) electrons. The highest BCUT2D eigenvalue weighted by molar-refractivity contribution is 5.97. The number of carbonyl (C=O) groups is 1. The number of carbonyl (C=O) groups excluding carboxylic acids is 1. The summed E-state index contributed by atoms with van der Waals surface area (Å²) < 4.78 is 11.2. The van der Waals surface area contributed by atoms with Crippen LogP contribution in [-0.2, 0) is 4.79 Å². The third-order valence-electron chi connectivity index (χ3n) is 4.98. The second kappa shape index (κ2) is 6.26. The highest BCUT2D eigenvalue weighted by atomic mass is 16.6. The van der Waals surface area contributed by atoms with Crippen LogP contribution in [0.1, 0.15) is 17.2 Å². The van der Waals surface area contributed by atoms with Crippen molar-refractivity contribution in [2.75, 3.05) is 13.2 Å². The molecule has 3 unspecified atom stereocenters. The molecule has 1 saturated heterocycles. The zero-order valence-corrected chi connectivity index (χ0v) is 14.5. The molecule has 0 bridgehead atoms. The van der Waals surface area contributed by atoms with Crippen LogP contribution in [0.25, 0.3) is 5.70 Å². The summed E-state index contributed by atoms with van der Waals surface area (Å²) in [5, 5.41) is 4.97. The summed E-state index contributed by atoms with van der Waals surface area (Å²) in [6.07, 6.45) is 2.53. The van der Waals surface area contributed by atoms with Gasteiger partial charge in [0.1, 0.15) is 19.4 Å². The molecule has 8 heteroatoms. The number of hydrogen-bond acceptors (Lipinski definition) is 7. The normalized spacial score (nSPS) is 26.3. The number of nitrogens with two attached hydrogens (primary N) is 1. The molecule has 138 valence electrons. The number of nitrogens with one attached hydrogen (secondary N) is 2. The SMILES string of the molecule is NC1NN2C(=O)C=C(c3ccc4c(c3)OCCO4)NC2C1c1ccccn1. The fourth-order valence-corrected chi connectivity index (χ4v) is 3.72. The van der Waals surface area contributed by atoms with E-state index in [9.17, 15) is 4.79 Å². The zero-order valence-electron chi connectivity index (χ0n) is 14.5. The molecule has 1 amide bonds. The fourth-order valence-electron chi connectivity index (χ4n) is 3.72. The van der Waals surface area contributed by atoms with E-state index in [1.807, 2.05) is 36.4 Å². The van der Waals surface area contributed by atoms with E-state index in [2.05, 4.69) is 15.7 Å². The molecule has 5 rings (SSSR count). The molecule has 8 nitrogen and oxygen atoms in total. The van der Waals surface area contributed by atoms with Crippen LogP contribution >= 0.6 is 0 Å². The summed E-state index contributed by atoms with van der Waals surface area (Å²) in [6, 6.07) is 11.3. The number of aromatic nitrogens is 1. The van der Waals surface area contributed by atoms with E-state index in [0.717, 1.165) is 17.0 Å². The molecule has 27 heavy (non-hydrogen) atoms. The van der Waals surface area contributed by atoms with E-state index in [-0.39, 0.29) is 18.0 Å². The van der Waals surface area contributed by atoms with Crippen molar-refractivity contribution in [1.29, 1.82) is 0 Å². The summed E-state index contributed by atoms with van der Waals surface area (Å²) in [5.74, 6) is 1.05. The minimum Gasteiger partial charge on any atom is -0.486 e. The van der Waals surface area contributed by atoms with Gasteiger partial charge >= 0.3 is 0 Å². The Labute approximate surface area is 155 Å². The van der Waals surface area contributed by atoms with Gasteiger partial charge in [-0.3, -0.25) is 9.78 Å². The molecule has 0 saturated carbocycles. The van der Waals surface area contributed by atoms with Crippen LogP contribution in [0.2, 0.25) is 0 Å². The molecule has 1 aromatic heterocycles. The Morgan fingerprint density at radius 1 is 1.15 bits per heavy atom. The minimum atomic E-state index is -0.422. The number of nitrogens with zero attached hydrogens (tertiary/aromatic N) is 2. The van der Waals surface area contributed by atoms with E-state index >= 15 is 0 Å². The molecular weight excluding hydrogens is 346 g/mol. The van der Waals surface area contributed by atoms with Gasteiger partial charge in [0.15, 0.2) is 11.5 Å². The Kier molecular flexibility index (Phi) is 3.73. The molecule has 4 N–H and O–H groups in total. The number of ether oxygens (including phenoxy) is 2. The van der Waals surface area contributed by atoms with Crippen molar-refractivity contribution in [3.8, 4) is 11.5 Å². The van der Waals surface area contributed by atoms with Crippen molar-refractivity contribution in [3.05, 3.63) is 59.9 Å². The number of benzene rings is 1. The van der Waals surface area contributed by atoms with E-state index in [4.69, 9.17) is 15.2 Å². The van der Waals surface area contributed by atoms with Gasteiger partial charge < -0.3 is 20.5 Å². The van der Waals surface area contributed by atoms with E-state index < -0.39 is 6.17 Å². The van der Waals surface area contributed by atoms with Gasteiger partial charge in [0.2, 0.25) is 0 Å². The Hall–Kier alpha value is -3.10. The lowest BCUT2D eigenvalue weighted by molar-refractivity contribution is -0.131. The van der Waals surface area contributed by atoms with Crippen LogP contribution in [0, 0.1) is 0 Å². The van der Waals surface area contributed by atoms with Crippen molar-refractivity contribution in [2.45, 2.75) is 18.2 Å². The molecule has 4 heterocycles. The van der Waals surface area contributed by atoms with Gasteiger partial charge in [0, 0.05) is 23.5 Å². The highest BCUT2D eigenvalue weighted by Crippen LogP contribution is 2.35. The smallest absolute Gasteiger partial charge is 0.264 e. The van der Waals surface area contributed by atoms with Gasteiger partial charge in [0.25, 0.3) is 5.91 Å². The molecule has 0 aliphatic carbocycles. The lowest BCUT2D eigenvalue weighted by atomic mass is 9.97. The van der Waals surface area contributed by atoms with Crippen LogP contribution in [0.4, 0.5) is 0 Å². The summed E-state index contributed by atoms with van der Waals surface area (Å²) >= 11 is 0. The first kappa shape index (κ1) is 16.1. The molecule has 0 spiro atoms. The van der Waals surface area contributed by atoms with Crippen LogP contribution in [0.15, 0.2) is 48.7 Å². The number of hydrogen-bond donors (Lipinski definition) is 3. The standard InChI is InChI=1S/C19H19N5O3/c20-18-17(12-3-1-2-6-21-12)19-22-13(10-16(25)24(19)23-18)11-4-5-14-15(9-11)27-8-7-26-14/h1-6,9-10,17-19,22-23H,7-8,20H2. The topological polar surface area (TPSA) is 102 Å². The maximum absolute atomic E-state index is 12.7. The molecule has 3 aliphatic heterocycles. The Bertz CT molecular complexity index is 917. The number of fused-ring (bicyclic) bond motifs is 2. The van der Waals surface area contributed by atoms with Crippen molar-refractivity contribution in [3.63, 3.8) is 0 Å². The minimum absolute atomic E-state index is 0.155. The van der Waals surface area contributed by atoms with Gasteiger partial charge in [-0.25, -0.2) is 10.4 Å². The third kappa shape index (κ3) is 2.70. The van der Waals surface area contributed by atoms with Crippen LogP contribution in [-0.4, -0.2) is 41.4 Å². The number of pyridine rings is 1. The maximum Gasteiger partial charge on any atom is 0.264 e. The summed E-state index contributed by atoms with van der Waals surface area (Å²) in [7, 11) is 0. The molecule has 1 aromatic carbocycles. The number of rotatable bonds is 2. The highest BCUT2D eigenvalue weighted by Gasteiger charge is 2.45. The summed E-state index contributed by atoms with van der Waals surface area (Å²) in [5.41, 5.74) is 11.7. The van der Waals surface area contributed by atoms with Crippen LogP contribution < -0.4 is 25.9 Å². The number of hydrazine groups is 1. The first-order chi connectivity index (χ1) is 13.2. The maximum atomic E-state index is 12.7. The quantitative estimate of drug-likeness (QED) is 0.714. The molecule has 3 atom stereocenters. The molecule has 2 aromatic rings. The average Bonchev–Trinajstić information content (AvgIpc) is 3.05. The number of amides is 1. The lowest BCUT2D eigenvalue weighted by Crippen LogP contribution is -2.52. The predicted molar refractivity (Wildman–Crippen MR) is 97.3 cm³/mol. The lowest BCUT2D eigenvalue weighted by Gasteiger charge is -2.33. The first-order valence-corrected chi connectivity index (χ1v) is 8.85. The predicted octanol–water partition coefficient (Wildman–Crippen LogP) is 0.538. The third-order valence-corrected chi connectivity index (χ3v) is 4.98. The Balaban J connectivity index is 1.48. The molecular formula is C19H19N5O3. The van der Waals surface area contributed by atoms with Gasteiger partial charge in [-0.15, -0.1) is 0 Å². The van der Waals surface area contributed by atoms with Crippen molar-refractivity contribution in [2.24, 2.45) is 5.73 Å². The van der Waals surface area contributed by atoms with Crippen LogP contribution in [0.5, 0.6) is 11.5 Å². The van der Waals surface area contributed by atoms with E-state index in [1.165, 1.54) is 5.01 Å². The van der Waals surface area contributed by atoms with Crippen molar-refractivity contribution < 1.29 is 14.3 Å². The summed E-state index contributed by atoms with van der Waals surface area (Å²) in [4.78, 5) is 17.1. The largest absolute Gasteiger partial charge is 0.486 e. The average molecular weight is 365 g/mol. The second-order valence-corrected chi connectivity index (χ2v) is 6.65. The molecule has 3 aliphatic rings. The van der Waals surface area contributed by atoms with Crippen molar-refractivity contribution in [1.82, 2.24) is 20.7 Å². The van der Waals surface area contributed by atoms with Gasteiger partial charge in [-0.2, -0.15) is 0 Å². The van der Waals surface area contributed by atoms with Gasteiger partial charge in [0.05, 0.1) is 17.8 Å². The summed E-state index contributed by atoms with van der Waals surface area (Å²) in [6.45, 7) is 1.05. The van der Waals surface area contributed by atoms with E-state index in [1.54, 1.807) is 12.3 Å². The van der Waals surface area contributed by atoms with Gasteiger partial charge in [-0.1, -0.05) is 6.07 Å².